The van der Waals surface area contributed by atoms with Gasteiger partial charge in [0.05, 0.1) is 17.8 Å². The largest absolute Gasteiger partial charge is 0.416 e. The molecule has 0 fully saturated rings. The van der Waals surface area contributed by atoms with Crippen LogP contribution in [0.3, 0.4) is 0 Å². The highest BCUT2D eigenvalue weighted by atomic mass is 19.4. The molecule has 124 valence electrons. The summed E-state index contributed by atoms with van der Waals surface area (Å²) in [6.07, 6.45) is -1.56. The molecule has 1 unspecified atom stereocenters. The first-order valence-electron chi connectivity index (χ1n) is 7.12. The van der Waals surface area contributed by atoms with E-state index in [0.717, 1.165) is 6.07 Å². The highest BCUT2D eigenvalue weighted by molar-refractivity contribution is 5.50. The Kier molecular flexibility index (Phi) is 4.24. The molecule has 3 nitrogen and oxygen atoms in total. The average molecular weight is 335 g/mol. The molecule has 0 aliphatic rings. The lowest BCUT2D eigenvalue weighted by Crippen LogP contribution is -2.18. The molecule has 7 heteroatoms. The minimum Gasteiger partial charge on any atom is -0.374 e. The Hall–Kier alpha value is -2.83. The van der Waals surface area contributed by atoms with E-state index < -0.39 is 23.6 Å². The quantitative estimate of drug-likeness (QED) is 0.674. The zero-order valence-corrected chi connectivity index (χ0v) is 12.3. The van der Waals surface area contributed by atoms with Crippen LogP contribution in [0.2, 0.25) is 0 Å². The normalized spacial score (nSPS) is 12.8. The third kappa shape index (κ3) is 3.40. The van der Waals surface area contributed by atoms with Gasteiger partial charge >= 0.3 is 6.18 Å². The fourth-order valence-electron chi connectivity index (χ4n) is 2.51. The van der Waals surface area contributed by atoms with Crippen LogP contribution < -0.4 is 5.32 Å². The first-order valence-corrected chi connectivity index (χ1v) is 7.12. The number of H-pyrrole nitrogens is 1. The Morgan fingerprint density at radius 3 is 2.50 bits per heavy atom. The van der Waals surface area contributed by atoms with Crippen LogP contribution in [-0.4, -0.2) is 10.2 Å². The lowest BCUT2D eigenvalue weighted by molar-refractivity contribution is -0.138. The number of aromatic amines is 1. The van der Waals surface area contributed by atoms with Gasteiger partial charge in [0.15, 0.2) is 0 Å². The summed E-state index contributed by atoms with van der Waals surface area (Å²) in [5, 5.41) is 9.34. The van der Waals surface area contributed by atoms with Crippen molar-refractivity contribution >= 4 is 5.69 Å². The Labute approximate surface area is 135 Å². The van der Waals surface area contributed by atoms with Crippen molar-refractivity contribution in [2.45, 2.75) is 12.2 Å². The molecule has 1 aromatic heterocycles. The molecule has 3 rings (SSSR count). The lowest BCUT2D eigenvalue weighted by atomic mass is 9.95. The van der Waals surface area contributed by atoms with E-state index in [1.807, 2.05) is 0 Å². The van der Waals surface area contributed by atoms with Gasteiger partial charge in [0.25, 0.3) is 0 Å². The summed E-state index contributed by atoms with van der Waals surface area (Å²) in [7, 11) is 0. The van der Waals surface area contributed by atoms with Crippen LogP contribution in [0, 0.1) is 5.82 Å². The van der Waals surface area contributed by atoms with Gasteiger partial charge in [-0.1, -0.05) is 24.3 Å². The number of nitrogens with zero attached hydrogens (tertiary/aromatic N) is 1. The summed E-state index contributed by atoms with van der Waals surface area (Å²) >= 11 is 0. The van der Waals surface area contributed by atoms with Gasteiger partial charge in [-0.2, -0.15) is 18.3 Å². The third-order valence-corrected chi connectivity index (χ3v) is 3.57. The zero-order valence-electron chi connectivity index (χ0n) is 12.3. The van der Waals surface area contributed by atoms with E-state index in [4.69, 9.17) is 0 Å². The first kappa shape index (κ1) is 16.0. The van der Waals surface area contributed by atoms with Crippen molar-refractivity contribution in [3.8, 4) is 0 Å². The molecule has 0 bridgehead atoms. The maximum Gasteiger partial charge on any atom is 0.416 e. The van der Waals surface area contributed by atoms with Gasteiger partial charge in [0.1, 0.15) is 5.82 Å². The van der Waals surface area contributed by atoms with Crippen molar-refractivity contribution in [3.05, 3.63) is 83.4 Å². The predicted molar refractivity (Wildman–Crippen MR) is 81.9 cm³/mol. The van der Waals surface area contributed by atoms with Crippen LogP contribution >= 0.6 is 0 Å². The van der Waals surface area contributed by atoms with E-state index in [-0.39, 0.29) is 5.56 Å². The molecule has 24 heavy (non-hydrogen) atoms. The van der Waals surface area contributed by atoms with Gasteiger partial charge in [-0.15, -0.1) is 0 Å². The molecule has 3 aromatic rings. The number of nitrogens with one attached hydrogen (secondary N) is 2. The molecule has 1 heterocycles. The Balaban J connectivity index is 2.07. The zero-order chi connectivity index (χ0) is 17.2. The summed E-state index contributed by atoms with van der Waals surface area (Å²) in [6.45, 7) is 0. The smallest absolute Gasteiger partial charge is 0.374 e. The second kappa shape index (κ2) is 6.35. The Bertz CT molecular complexity index is 813. The van der Waals surface area contributed by atoms with Crippen LogP contribution in [0.4, 0.5) is 23.2 Å². The van der Waals surface area contributed by atoms with Gasteiger partial charge in [-0.3, -0.25) is 5.10 Å². The highest BCUT2D eigenvalue weighted by Gasteiger charge is 2.35. The number of benzene rings is 2. The van der Waals surface area contributed by atoms with Crippen LogP contribution in [-0.2, 0) is 6.18 Å². The fraction of sp³-hybridized carbons (Fsp3) is 0.118. The average Bonchev–Trinajstić information content (AvgIpc) is 3.06. The number of anilines is 1. The lowest BCUT2D eigenvalue weighted by Gasteiger charge is -2.23. The minimum atomic E-state index is -4.50. The third-order valence-electron chi connectivity index (χ3n) is 3.57. The standard InChI is InChI=1S/C17H13F4N3/c18-12-4-3-5-13(8-12)24-16(11-9-22-23-10-11)14-6-1-2-7-15(14)17(19,20)21/h1-10,16,24H,(H,22,23). The molecule has 0 amide bonds. The van der Waals surface area contributed by atoms with Crippen molar-refractivity contribution in [1.29, 1.82) is 0 Å². The second-order valence-electron chi connectivity index (χ2n) is 5.20. The number of aromatic nitrogens is 2. The molecule has 0 saturated carbocycles. The van der Waals surface area contributed by atoms with Gasteiger partial charge in [-0.05, 0) is 29.8 Å². The number of hydrogen-bond acceptors (Lipinski definition) is 2. The van der Waals surface area contributed by atoms with E-state index in [1.165, 1.54) is 48.8 Å². The summed E-state index contributed by atoms with van der Waals surface area (Å²) in [6, 6.07) is 10.0. The van der Waals surface area contributed by atoms with Crippen LogP contribution in [0.5, 0.6) is 0 Å². The van der Waals surface area contributed by atoms with Crippen molar-refractivity contribution < 1.29 is 17.6 Å². The predicted octanol–water partition coefficient (Wildman–Crippen LogP) is 4.77. The molecule has 0 aliphatic carbocycles. The van der Waals surface area contributed by atoms with Crippen molar-refractivity contribution in [3.63, 3.8) is 0 Å². The van der Waals surface area contributed by atoms with Crippen molar-refractivity contribution in [2.75, 3.05) is 5.32 Å². The van der Waals surface area contributed by atoms with Gasteiger partial charge < -0.3 is 5.32 Å². The molecule has 2 aromatic carbocycles. The molecule has 0 aliphatic heterocycles. The molecule has 0 radical (unpaired) electrons. The summed E-state index contributed by atoms with van der Waals surface area (Å²) in [4.78, 5) is 0. The maximum atomic E-state index is 13.4. The van der Waals surface area contributed by atoms with E-state index in [0.29, 0.717) is 11.3 Å². The summed E-state index contributed by atoms with van der Waals surface area (Å²) in [5.41, 5.74) is 0.171. The molecular formula is C17H13F4N3. The van der Waals surface area contributed by atoms with Gasteiger partial charge in [0, 0.05) is 17.4 Å². The van der Waals surface area contributed by atoms with Gasteiger partial charge in [-0.25, -0.2) is 4.39 Å². The SMILES string of the molecule is Fc1cccc(NC(c2cn[nH]c2)c2ccccc2C(F)(F)F)c1. The number of alkyl halides is 3. The second-order valence-corrected chi connectivity index (χ2v) is 5.20. The van der Waals surface area contributed by atoms with Crippen LogP contribution in [0.1, 0.15) is 22.7 Å². The van der Waals surface area contributed by atoms with E-state index in [9.17, 15) is 17.6 Å². The van der Waals surface area contributed by atoms with Crippen molar-refractivity contribution in [1.82, 2.24) is 10.2 Å². The maximum absolute atomic E-state index is 13.4. The molecule has 2 N–H and O–H groups in total. The topological polar surface area (TPSA) is 40.7 Å². The number of halogens is 4. The van der Waals surface area contributed by atoms with Crippen molar-refractivity contribution in [2.24, 2.45) is 0 Å². The molecule has 1 atom stereocenters. The number of rotatable bonds is 4. The first-order chi connectivity index (χ1) is 11.4. The number of hydrogen-bond donors (Lipinski definition) is 2. The van der Waals surface area contributed by atoms with Gasteiger partial charge in [0.2, 0.25) is 0 Å². The van der Waals surface area contributed by atoms with E-state index >= 15 is 0 Å². The summed E-state index contributed by atoms with van der Waals surface area (Å²) in [5.74, 6) is -0.477. The minimum absolute atomic E-state index is 0.0376. The molecule has 0 spiro atoms. The highest BCUT2D eigenvalue weighted by Crippen LogP contribution is 2.37. The van der Waals surface area contributed by atoms with E-state index in [1.54, 1.807) is 6.07 Å². The van der Waals surface area contributed by atoms with Crippen LogP contribution in [0.15, 0.2) is 60.9 Å². The monoisotopic (exact) mass is 335 g/mol. The Morgan fingerprint density at radius 1 is 1.04 bits per heavy atom. The fourth-order valence-corrected chi connectivity index (χ4v) is 2.51. The van der Waals surface area contributed by atoms with E-state index in [2.05, 4.69) is 15.5 Å². The molecule has 0 saturated heterocycles. The van der Waals surface area contributed by atoms with Crippen LogP contribution in [0.25, 0.3) is 0 Å². The Morgan fingerprint density at radius 2 is 1.83 bits per heavy atom. The summed E-state index contributed by atoms with van der Waals surface area (Å²) < 4.78 is 53.4. The molecular weight excluding hydrogens is 322 g/mol.